The molecule has 1 aliphatic heterocycles. The molecule has 7 nitrogen and oxygen atoms in total. The molecule has 0 aliphatic carbocycles. The standard InChI is InChI=1S/C19H16N4O3S2/c1-12-9-21-14(10-20-12)19(25)26-11-18(24)23-15(17-5-3-7-28-17)8-13(22-23)16-4-2-6-27-16/h2-7,9-10,15H,8,11H2,1H3/t15-/m1/s1. The number of hydrogen-bond acceptors (Lipinski definition) is 8. The van der Waals surface area contributed by atoms with E-state index in [2.05, 4.69) is 15.1 Å². The Hall–Kier alpha value is -2.91. The highest BCUT2D eigenvalue weighted by molar-refractivity contribution is 7.12. The Labute approximate surface area is 169 Å². The number of aromatic nitrogens is 2. The normalized spacial score (nSPS) is 16.1. The van der Waals surface area contributed by atoms with Crippen molar-refractivity contribution in [3.63, 3.8) is 0 Å². The minimum absolute atomic E-state index is 0.0670. The summed E-state index contributed by atoms with van der Waals surface area (Å²) in [4.78, 5) is 34.9. The molecule has 142 valence electrons. The minimum Gasteiger partial charge on any atom is -0.451 e. The van der Waals surface area contributed by atoms with Gasteiger partial charge in [-0.05, 0) is 29.8 Å². The SMILES string of the molecule is Cc1cnc(C(=O)OCC(=O)N2N=C(c3cccs3)C[C@@H]2c2cccs2)cn1. The predicted octanol–water partition coefficient (Wildman–Crippen LogP) is 3.44. The van der Waals surface area contributed by atoms with Crippen molar-refractivity contribution in [2.75, 3.05) is 6.61 Å². The van der Waals surface area contributed by atoms with E-state index >= 15 is 0 Å². The molecular weight excluding hydrogens is 396 g/mol. The smallest absolute Gasteiger partial charge is 0.359 e. The lowest BCUT2D eigenvalue weighted by Crippen LogP contribution is -2.31. The Bertz CT molecular complexity index is 999. The summed E-state index contributed by atoms with van der Waals surface area (Å²) in [5.74, 6) is -1.06. The Morgan fingerprint density at radius 3 is 2.68 bits per heavy atom. The van der Waals surface area contributed by atoms with Crippen LogP contribution in [0.1, 0.15) is 38.4 Å². The molecule has 0 unspecified atom stereocenters. The molecule has 0 spiro atoms. The minimum atomic E-state index is -0.685. The van der Waals surface area contributed by atoms with Gasteiger partial charge in [-0.1, -0.05) is 12.1 Å². The van der Waals surface area contributed by atoms with E-state index < -0.39 is 12.6 Å². The number of carbonyl (C=O) groups excluding carboxylic acids is 2. The number of esters is 1. The maximum Gasteiger partial charge on any atom is 0.359 e. The van der Waals surface area contributed by atoms with Crippen LogP contribution in [0.3, 0.4) is 0 Å². The monoisotopic (exact) mass is 412 g/mol. The van der Waals surface area contributed by atoms with Gasteiger partial charge in [-0.3, -0.25) is 9.78 Å². The molecule has 4 rings (SSSR count). The zero-order valence-electron chi connectivity index (χ0n) is 14.9. The molecule has 1 aliphatic rings. The summed E-state index contributed by atoms with van der Waals surface area (Å²) in [7, 11) is 0. The number of amides is 1. The van der Waals surface area contributed by atoms with E-state index in [4.69, 9.17) is 4.74 Å². The van der Waals surface area contributed by atoms with Crippen LogP contribution >= 0.6 is 22.7 Å². The predicted molar refractivity (Wildman–Crippen MR) is 106 cm³/mol. The number of ether oxygens (including phenoxy) is 1. The molecule has 3 aromatic rings. The van der Waals surface area contributed by atoms with Crippen molar-refractivity contribution in [2.45, 2.75) is 19.4 Å². The topological polar surface area (TPSA) is 84.8 Å². The van der Waals surface area contributed by atoms with Crippen molar-refractivity contribution in [3.8, 4) is 0 Å². The molecule has 0 bridgehead atoms. The molecule has 3 aromatic heterocycles. The van der Waals surface area contributed by atoms with Crippen LogP contribution in [0.2, 0.25) is 0 Å². The summed E-state index contributed by atoms with van der Waals surface area (Å²) in [5.41, 5.74) is 1.62. The average Bonchev–Trinajstić information content (AvgIpc) is 3.46. The van der Waals surface area contributed by atoms with Crippen molar-refractivity contribution in [2.24, 2.45) is 5.10 Å². The lowest BCUT2D eigenvalue weighted by atomic mass is 10.1. The first kappa shape index (κ1) is 18.5. The number of hydrazone groups is 1. The van der Waals surface area contributed by atoms with E-state index in [1.54, 1.807) is 29.6 Å². The summed E-state index contributed by atoms with van der Waals surface area (Å²) in [6.45, 7) is 1.37. The molecule has 0 N–H and O–H groups in total. The fourth-order valence-corrected chi connectivity index (χ4v) is 4.33. The van der Waals surface area contributed by atoms with Gasteiger partial charge in [-0.2, -0.15) is 5.10 Å². The van der Waals surface area contributed by atoms with Gasteiger partial charge < -0.3 is 4.74 Å². The molecular formula is C19H16N4O3S2. The number of nitrogens with zero attached hydrogens (tertiary/aromatic N) is 4. The lowest BCUT2D eigenvalue weighted by Gasteiger charge is -2.20. The molecule has 9 heteroatoms. The average molecular weight is 412 g/mol. The third-order valence-corrected chi connectivity index (χ3v) is 6.05. The maximum absolute atomic E-state index is 12.8. The fourth-order valence-electron chi connectivity index (χ4n) is 2.80. The van der Waals surface area contributed by atoms with Crippen LogP contribution in [0.4, 0.5) is 0 Å². The zero-order valence-corrected chi connectivity index (χ0v) is 16.6. The van der Waals surface area contributed by atoms with E-state index in [-0.39, 0.29) is 17.6 Å². The molecule has 1 amide bonds. The third kappa shape index (κ3) is 3.85. The Morgan fingerprint density at radius 2 is 2.00 bits per heavy atom. The molecule has 1 atom stereocenters. The van der Waals surface area contributed by atoms with Crippen molar-refractivity contribution in [1.29, 1.82) is 0 Å². The van der Waals surface area contributed by atoms with Gasteiger partial charge in [-0.25, -0.2) is 14.8 Å². The van der Waals surface area contributed by atoms with Crippen LogP contribution in [0, 0.1) is 6.92 Å². The van der Waals surface area contributed by atoms with Crippen molar-refractivity contribution < 1.29 is 14.3 Å². The Balaban J connectivity index is 1.48. The Morgan fingerprint density at radius 1 is 1.18 bits per heavy atom. The van der Waals surface area contributed by atoms with E-state index in [1.165, 1.54) is 17.4 Å². The van der Waals surface area contributed by atoms with Crippen molar-refractivity contribution >= 4 is 40.3 Å². The van der Waals surface area contributed by atoms with Gasteiger partial charge in [0.15, 0.2) is 12.3 Å². The van der Waals surface area contributed by atoms with Crippen LogP contribution in [0.15, 0.2) is 52.5 Å². The quantitative estimate of drug-likeness (QED) is 0.599. The number of aryl methyl sites for hydroxylation is 1. The number of carbonyl (C=O) groups is 2. The summed E-state index contributed by atoms with van der Waals surface area (Å²) in [6.07, 6.45) is 3.44. The van der Waals surface area contributed by atoms with Crippen LogP contribution < -0.4 is 0 Å². The Kier molecular flexibility index (Phi) is 5.27. The maximum atomic E-state index is 12.8. The summed E-state index contributed by atoms with van der Waals surface area (Å²) >= 11 is 3.16. The van der Waals surface area contributed by atoms with Crippen molar-refractivity contribution in [1.82, 2.24) is 15.0 Å². The van der Waals surface area contributed by atoms with E-state index in [9.17, 15) is 9.59 Å². The molecule has 0 radical (unpaired) electrons. The van der Waals surface area contributed by atoms with Crippen LogP contribution in [-0.4, -0.2) is 39.2 Å². The molecule has 0 aromatic carbocycles. The van der Waals surface area contributed by atoms with E-state index in [0.29, 0.717) is 12.1 Å². The van der Waals surface area contributed by atoms with E-state index in [0.717, 1.165) is 15.5 Å². The molecule has 0 fully saturated rings. The van der Waals surface area contributed by atoms with Gasteiger partial charge in [0.2, 0.25) is 0 Å². The first-order valence-corrected chi connectivity index (χ1v) is 10.3. The lowest BCUT2D eigenvalue weighted by molar-refractivity contribution is -0.136. The second-order valence-electron chi connectivity index (χ2n) is 6.12. The number of hydrogen-bond donors (Lipinski definition) is 0. The second-order valence-corrected chi connectivity index (χ2v) is 8.04. The van der Waals surface area contributed by atoms with Gasteiger partial charge in [-0.15, -0.1) is 22.7 Å². The van der Waals surface area contributed by atoms with Crippen LogP contribution in [0.25, 0.3) is 0 Å². The summed E-state index contributed by atoms with van der Waals surface area (Å²) in [6, 6.07) is 7.68. The highest BCUT2D eigenvalue weighted by Crippen LogP contribution is 2.35. The first-order valence-electron chi connectivity index (χ1n) is 8.54. The van der Waals surface area contributed by atoms with Crippen molar-refractivity contribution in [3.05, 3.63) is 68.6 Å². The fraction of sp³-hybridized carbons (Fsp3) is 0.211. The van der Waals surface area contributed by atoms with Crippen LogP contribution in [-0.2, 0) is 9.53 Å². The molecule has 28 heavy (non-hydrogen) atoms. The highest BCUT2D eigenvalue weighted by atomic mass is 32.1. The molecule has 0 saturated heterocycles. The summed E-state index contributed by atoms with van der Waals surface area (Å²) in [5, 5.41) is 9.90. The first-order chi connectivity index (χ1) is 13.6. The largest absolute Gasteiger partial charge is 0.451 e. The van der Waals surface area contributed by atoms with Crippen LogP contribution in [0.5, 0.6) is 0 Å². The molecule has 4 heterocycles. The van der Waals surface area contributed by atoms with Gasteiger partial charge in [0.25, 0.3) is 5.91 Å². The highest BCUT2D eigenvalue weighted by Gasteiger charge is 2.34. The molecule has 0 saturated carbocycles. The number of thiophene rings is 2. The van der Waals surface area contributed by atoms with Gasteiger partial charge in [0, 0.05) is 17.5 Å². The van der Waals surface area contributed by atoms with Gasteiger partial charge in [0.1, 0.15) is 0 Å². The second kappa shape index (κ2) is 7.99. The zero-order chi connectivity index (χ0) is 19.5. The van der Waals surface area contributed by atoms with Gasteiger partial charge >= 0.3 is 5.97 Å². The third-order valence-electron chi connectivity index (χ3n) is 4.16. The summed E-state index contributed by atoms with van der Waals surface area (Å²) < 4.78 is 5.14. The number of rotatable bonds is 5. The van der Waals surface area contributed by atoms with E-state index in [1.807, 2.05) is 35.0 Å². The van der Waals surface area contributed by atoms with Gasteiger partial charge in [0.05, 0.1) is 28.5 Å².